The van der Waals surface area contributed by atoms with E-state index < -0.39 is 0 Å². The minimum atomic E-state index is -0.0244. The molecule has 2 rings (SSSR count). The van der Waals surface area contributed by atoms with Gasteiger partial charge in [0.25, 0.3) is 0 Å². The van der Waals surface area contributed by atoms with Gasteiger partial charge < -0.3 is 5.32 Å². The van der Waals surface area contributed by atoms with Crippen LogP contribution in [0.1, 0.15) is 29.8 Å². The van der Waals surface area contributed by atoms with Gasteiger partial charge in [-0.15, -0.1) is 11.3 Å². The van der Waals surface area contributed by atoms with Crippen molar-refractivity contribution in [2.24, 2.45) is 0 Å². The summed E-state index contributed by atoms with van der Waals surface area (Å²) >= 11 is 1.66. The Kier molecular flexibility index (Phi) is 3.94. The second kappa shape index (κ2) is 5.64. The molecular weight excluding hydrogens is 230 g/mol. The zero-order valence-electron chi connectivity index (χ0n) is 9.72. The Labute approximate surface area is 105 Å². The first kappa shape index (κ1) is 11.9. The SMILES string of the molecule is CCC(=O)N[C@@H](c1ccccc1)c1cccs1. The van der Waals surface area contributed by atoms with Crippen LogP contribution in [0, 0.1) is 0 Å². The van der Waals surface area contributed by atoms with Gasteiger partial charge in [0.05, 0.1) is 6.04 Å². The zero-order valence-corrected chi connectivity index (χ0v) is 10.5. The summed E-state index contributed by atoms with van der Waals surface area (Å²) in [4.78, 5) is 12.7. The van der Waals surface area contributed by atoms with Gasteiger partial charge in [-0.1, -0.05) is 43.3 Å². The molecule has 0 fully saturated rings. The first-order valence-electron chi connectivity index (χ1n) is 5.69. The molecule has 0 aliphatic heterocycles. The second-order valence-corrected chi connectivity index (χ2v) is 4.76. The average molecular weight is 245 g/mol. The molecule has 1 amide bonds. The van der Waals surface area contributed by atoms with Crippen LogP contribution in [0.3, 0.4) is 0 Å². The highest BCUT2D eigenvalue weighted by Crippen LogP contribution is 2.25. The smallest absolute Gasteiger partial charge is 0.220 e. The van der Waals surface area contributed by atoms with Crippen molar-refractivity contribution in [3.8, 4) is 0 Å². The zero-order chi connectivity index (χ0) is 12.1. The molecule has 0 radical (unpaired) electrons. The molecule has 0 unspecified atom stereocenters. The van der Waals surface area contributed by atoms with Crippen LogP contribution in [-0.2, 0) is 4.79 Å². The second-order valence-electron chi connectivity index (χ2n) is 3.78. The molecule has 1 aromatic heterocycles. The highest BCUT2D eigenvalue weighted by Gasteiger charge is 2.16. The van der Waals surface area contributed by atoms with Crippen molar-refractivity contribution in [3.63, 3.8) is 0 Å². The molecule has 0 saturated heterocycles. The summed E-state index contributed by atoms with van der Waals surface area (Å²) in [5.41, 5.74) is 1.12. The van der Waals surface area contributed by atoms with Crippen LogP contribution in [0.5, 0.6) is 0 Å². The molecular formula is C14H15NOS. The molecule has 1 aromatic carbocycles. The molecule has 88 valence electrons. The monoisotopic (exact) mass is 245 g/mol. The van der Waals surface area contributed by atoms with Crippen LogP contribution in [0.25, 0.3) is 0 Å². The summed E-state index contributed by atoms with van der Waals surface area (Å²) < 4.78 is 0. The Morgan fingerprint density at radius 1 is 1.24 bits per heavy atom. The summed E-state index contributed by atoms with van der Waals surface area (Å²) in [7, 11) is 0. The molecule has 2 nitrogen and oxygen atoms in total. The number of thiophene rings is 1. The van der Waals surface area contributed by atoms with Crippen LogP contribution in [0.2, 0.25) is 0 Å². The molecule has 17 heavy (non-hydrogen) atoms. The van der Waals surface area contributed by atoms with Crippen molar-refractivity contribution in [2.45, 2.75) is 19.4 Å². The lowest BCUT2D eigenvalue weighted by atomic mass is 10.1. The number of hydrogen-bond donors (Lipinski definition) is 1. The standard InChI is InChI=1S/C14H15NOS/c1-2-13(16)15-14(12-9-6-10-17-12)11-7-4-3-5-8-11/h3-10,14H,2H2,1H3,(H,15,16)/t14-/m0/s1. The summed E-state index contributed by atoms with van der Waals surface area (Å²) in [6.07, 6.45) is 0.509. The molecule has 0 bridgehead atoms. The van der Waals surface area contributed by atoms with E-state index in [0.717, 1.165) is 10.4 Å². The fourth-order valence-corrected chi connectivity index (χ4v) is 2.49. The maximum absolute atomic E-state index is 11.6. The van der Waals surface area contributed by atoms with Crippen molar-refractivity contribution >= 4 is 17.2 Å². The van der Waals surface area contributed by atoms with E-state index in [4.69, 9.17) is 0 Å². The molecule has 3 heteroatoms. The summed E-state index contributed by atoms with van der Waals surface area (Å²) in [5.74, 6) is 0.0762. The van der Waals surface area contributed by atoms with Crippen LogP contribution in [-0.4, -0.2) is 5.91 Å². The quantitative estimate of drug-likeness (QED) is 0.879. The average Bonchev–Trinajstić information content (AvgIpc) is 2.90. The Morgan fingerprint density at radius 3 is 2.59 bits per heavy atom. The molecule has 2 aromatic rings. The molecule has 1 N–H and O–H groups in total. The fraction of sp³-hybridized carbons (Fsp3) is 0.214. The number of amides is 1. The van der Waals surface area contributed by atoms with E-state index in [2.05, 4.69) is 11.4 Å². The number of nitrogens with one attached hydrogen (secondary N) is 1. The van der Waals surface area contributed by atoms with Gasteiger partial charge in [-0.05, 0) is 17.0 Å². The minimum Gasteiger partial charge on any atom is -0.344 e. The number of benzene rings is 1. The molecule has 0 aliphatic rings. The van der Waals surface area contributed by atoms with E-state index in [0.29, 0.717) is 6.42 Å². The topological polar surface area (TPSA) is 29.1 Å². The van der Waals surface area contributed by atoms with Crippen molar-refractivity contribution in [2.75, 3.05) is 0 Å². The molecule has 0 spiro atoms. The van der Waals surface area contributed by atoms with Crippen molar-refractivity contribution < 1.29 is 4.79 Å². The van der Waals surface area contributed by atoms with E-state index in [1.807, 2.05) is 48.7 Å². The van der Waals surface area contributed by atoms with Gasteiger partial charge in [-0.2, -0.15) is 0 Å². The van der Waals surface area contributed by atoms with Gasteiger partial charge in [0.2, 0.25) is 5.91 Å². The van der Waals surface area contributed by atoms with Crippen molar-refractivity contribution in [1.29, 1.82) is 0 Å². The molecule has 0 aliphatic carbocycles. The lowest BCUT2D eigenvalue weighted by molar-refractivity contribution is -0.121. The van der Waals surface area contributed by atoms with Gasteiger partial charge in [-0.25, -0.2) is 0 Å². The third-order valence-electron chi connectivity index (χ3n) is 2.59. The van der Waals surface area contributed by atoms with Crippen LogP contribution in [0.15, 0.2) is 47.8 Å². The predicted molar refractivity (Wildman–Crippen MR) is 71.0 cm³/mol. The molecule has 1 atom stereocenters. The van der Waals surface area contributed by atoms with Crippen LogP contribution in [0.4, 0.5) is 0 Å². The number of rotatable bonds is 4. The van der Waals surface area contributed by atoms with Gasteiger partial charge >= 0.3 is 0 Å². The predicted octanol–water partition coefficient (Wildman–Crippen LogP) is 3.36. The third kappa shape index (κ3) is 2.94. The largest absolute Gasteiger partial charge is 0.344 e. The summed E-state index contributed by atoms with van der Waals surface area (Å²) in [6.45, 7) is 1.87. The lowest BCUT2D eigenvalue weighted by Crippen LogP contribution is -2.27. The van der Waals surface area contributed by atoms with Gasteiger partial charge in [0.15, 0.2) is 0 Å². The highest BCUT2D eigenvalue weighted by molar-refractivity contribution is 7.10. The van der Waals surface area contributed by atoms with Crippen LogP contribution < -0.4 is 5.32 Å². The number of carbonyl (C=O) groups excluding carboxylic acids is 1. The van der Waals surface area contributed by atoms with Gasteiger partial charge in [0.1, 0.15) is 0 Å². The Balaban J connectivity index is 2.28. The van der Waals surface area contributed by atoms with Crippen LogP contribution >= 0.6 is 11.3 Å². The molecule has 0 saturated carbocycles. The van der Waals surface area contributed by atoms with E-state index in [1.165, 1.54) is 0 Å². The van der Waals surface area contributed by atoms with E-state index >= 15 is 0 Å². The van der Waals surface area contributed by atoms with Gasteiger partial charge in [0, 0.05) is 11.3 Å². The lowest BCUT2D eigenvalue weighted by Gasteiger charge is -2.17. The van der Waals surface area contributed by atoms with E-state index in [9.17, 15) is 4.79 Å². The Bertz CT molecular complexity index is 464. The van der Waals surface area contributed by atoms with Gasteiger partial charge in [-0.3, -0.25) is 4.79 Å². The maximum Gasteiger partial charge on any atom is 0.220 e. The Hall–Kier alpha value is -1.61. The number of carbonyl (C=O) groups is 1. The van der Waals surface area contributed by atoms with E-state index in [1.54, 1.807) is 11.3 Å². The summed E-state index contributed by atoms with van der Waals surface area (Å²) in [6, 6.07) is 14.1. The first-order chi connectivity index (χ1) is 8.31. The maximum atomic E-state index is 11.6. The minimum absolute atomic E-state index is 0.0244. The fourth-order valence-electron chi connectivity index (χ4n) is 1.68. The van der Waals surface area contributed by atoms with Crippen molar-refractivity contribution in [3.05, 3.63) is 58.3 Å². The highest BCUT2D eigenvalue weighted by atomic mass is 32.1. The third-order valence-corrected chi connectivity index (χ3v) is 3.52. The molecule has 1 heterocycles. The Morgan fingerprint density at radius 2 is 2.00 bits per heavy atom. The summed E-state index contributed by atoms with van der Waals surface area (Å²) in [5, 5.41) is 5.09. The number of hydrogen-bond acceptors (Lipinski definition) is 2. The van der Waals surface area contributed by atoms with Crippen molar-refractivity contribution in [1.82, 2.24) is 5.32 Å². The van der Waals surface area contributed by atoms with E-state index in [-0.39, 0.29) is 11.9 Å². The normalized spacial score (nSPS) is 12.1. The first-order valence-corrected chi connectivity index (χ1v) is 6.57.